The Kier molecular flexibility index (Phi) is 5.64. The number of aromatic amines is 1. The molecule has 0 aliphatic carbocycles. The van der Waals surface area contributed by atoms with E-state index in [0.717, 1.165) is 11.6 Å². The molecule has 144 valence electrons. The number of carbonyl (C=O) groups excluding carboxylic acids is 1. The lowest BCUT2D eigenvalue weighted by Gasteiger charge is -2.18. The Labute approximate surface area is 160 Å². The standard InChI is InChI=1S/C19H19N5O4/c1-11(13-6-5-12(27-2)9-15(13)28-3)22-19(26)14-10-16(25)24-18(23-14)17-20-7-4-8-21-17/h4-11H,1-3H3,(H,22,26)(H,23,24,25). The predicted octanol–water partition coefficient (Wildman–Crippen LogP) is 1.74. The van der Waals surface area contributed by atoms with Gasteiger partial charge in [-0.25, -0.2) is 15.0 Å². The van der Waals surface area contributed by atoms with E-state index in [0.29, 0.717) is 11.5 Å². The van der Waals surface area contributed by atoms with Crippen molar-refractivity contribution in [1.29, 1.82) is 0 Å². The highest BCUT2D eigenvalue weighted by Gasteiger charge is 2.18. The van der Waals surface area contributed by atoms with Gasteiger partial charge in [-0.15, -0.1) is 0 Å². The summed E-state index contributed by atoms with van der Waals surface area (Å²) in [5.74, 6) is 1.05. The van der Waals surface area contributed by atoms with Gasteiger partial charge in [-0.05, 0) is 25.1 Å². The Bertz CT molecular complexity index is 1040. The first-order chi connectivity index (χ1) is 13.5. The highest BCUT2D eigenvalue weighted by atomic mass is 16.5. The molecule has 0 radical (unpaired) electrons. The molecule has 28 heavy (non-hydrogen) atoms. The van der Waals surface area contributed by atoms with Crippen LogP contribution in [0.15, 0.2) is 47.5 Å². The van der Waals surface area contributed by atoms with Crippen molar-refractivity contribution in [2.45, 2.75) is 13.0 Å². The average molecular weight is 381 g/mol. The third-order valence-corrected chi connectivity index (χ3v) is 4.01. The molecule has 0 aliphatic rings. The Balaban J connectivity index is 1.85. The van der Waals surface area contributed by atoms with Crippen molar-refractivity contribution in [2.75, 3.05) is 14.2 Å². The topological polar surface area (TPSA) is 119 Å². The van der Waals surface area contributed by atoms with Crippen LogP contribution in [0.1, 0.15) is 29.0 Å². The van der Waals surface area contributed by atoms with E-state index in [1.165, 1.54) is 19.5 Å². The summed E-state index contributed by atoms with van der Waals surface area (Å²) >= 11 is 0. The van der Waals surface area contributed by atoms with Crippen LogP contribution in [0.3, 0.4) is 0 Å². The lowest BCUT2D eigenvalue weighted by molar-refractivity contribution is 0.0934. The molecule has 0 saturated carbocycles. The van der Waals surface area contributed by atoms with E-state index in [1.54, 1.807) is 38.3 Å². The van der Waals surface area contributed by atoms with Gasteiger partial charge in [0.2, 0.25) is 0 Å². The maximum absolute atomic E-state index is 12.7. The van der Waals surface area contributed by atoms with Gasteiger partial charge in [-0.2, -0.15) is 0 Å². The van der Waals surface area contributed by atoms with Crippen molar-refractivity contribution < 1.29 is 14.3 Å². The largest absolute Gasteiger partial charge is 0.497 e. The van der Waals surface area contributed by atoms with Gasteiger partial charge in [-0.3, -0.25) is 9.59 Å². The maximum Gasteiger partial charge on any atom is 0.270 e. The van der Waals surface area contributed by atoms with E-state index in [9.17, 15) is 9.59 Å². The lowest BCUT2D eigenvalue weighted by Crippen LogP contribution is -2.29. The van der Waals surface area contributed by atoms with Gasteiger partial charge in [-0.1, -0.05) is 0 Å². The number of hydrogen-bond acceptors (Lipinski definition) is 7. The summed E-state index contributed by atoms with van der Waals surface area (Å²) in [5.41, 5.74) is 0.246. The molecule has 2 N–H and O–H groups in total. The molecule has 0 bridgehead atoms. The van der Waals surface area contributed by atoms with E-state index in [4.69, 9.17) is 9.47 Å². The molecule has 3 rings (SSSR count). The number of benzene rings is 1. The van der Waals surface area contributed by atoms with E-state index in [1.807, 2.05) is 0 Å². The minimum atomic E-state index is -0.506. The van der Waals surface area contributed by atoms with Crippen LogP contribution in [0.25, 0.3) is 11.6 Å². The van der Waals surface area contributed by atoms with Crippen LogP contribution in [0.2, 0.25) is 0 Å². The van der Waals surface area contributed by atoms with Crippen molar-refractivity contribution in [2.24, 2.45) is 0 Å². The number of hydrogen-bond donors (Lipinski definition) is 2. The number of aromatic nitrogens is 4. The maximum atomic E-state index is 12.7. The molecule has 9 heteroatoms. The van der Waals surface area contributed by atoms with Gasteiger partial charge in [0.25, 0.3) is 11.5 Å². The SMILES string of the molecule is COc1ccc(C(C)NC(=O)c2cc(=O)[nH]c(-c3ncccn3)n2)c(OC)c1. The zero-order valence-corrected chi connectivity index (χ0v) is 15.6. The summed E-state index contributed by atoms with van der Waals surface area (Å²) in [6.45, 7) is 1.80. The van der Waals surface area contributed by atoms with Crippen LogP contribution < -0.4 is 20.3 Å². The Hall–Kier alpha value is -3.75. The molecule has 0 spiro atoms. The van der Waals surface area contributed by atoms with Crippen molar-refractivity contribution >= 4 is 5.91 Å². The van der Waals surface area contributed by atoms with Crippen molar-refractivity contribution in [1.82, 2.24) is 25.3 Å². The molecule has 0 aliphatic heterocycles. The molecule has 0 saturated heterocycles. The van der Waals surface area contributed by atoms with E-state index in [2.05, 4.69) is 25.3 Å². The number of H-pyrrole nitrogens is 1. The Morgan fingerprint density at radius 1 is 1.14 bits per heavy atom. The molecule has 2 heterocycles. The molecule has 0 fully saturated rings. The molecule has 1 unspecified atom stereocenters. The number of rotatable bonds is 6. The van der Waals surface area contributed by atoms with Crippen LogP contribution in [-0.2, 0) is 0 Å². The van der Waals surface area contributed by atoms with Crippen molar-refractivity contribution in [3.05, 3.63) is 64.3 Å². The Morgan fingerprint density at radius 2 is 1.89 bits per heavy atom. The molecule has 3 aromatic rings. The fourth-order valence-corrected chi connectivity index (χ4v) is 2.63. The summed E-state index contributed by atoms with van der Waals surface area (Å²) in [5, 5.41) is 2.81. The predicted molar refractivity (Wildman–Crippen MR) is 101 cm³/mol. The summed E-state index contributed by atoms with van der Waals surface area (Å²) in [4.78, 5) is 39.4. The number of carbonyl (C=O) groups is 1. The molecular formula is C19H19N5O4. The smallest absolute Gasteiger partial charge is 0.270 e. The van der Waals surface area contributed by atoms with E-state index in [-0.39, 0.29) is 17.3 Å². The van der Waals surface area contributed by atoms with Gasteiger partial charge in [0.05, 0.1) is 20.3 Å². The molecule has 1 atom stereocenters. The first kappa shape index (κ1) is 19.0. The first-order valence-electron chi connectivity index (χ1n) is 8.43. The number of methoxy groups -OCH3 is 2. The fourth-order valence-electron chi connectivity index (χ4n) is 2.63. The van der Waals surface area contributed by atoms with Gasteiger partial charge in [0, 0.05) is 30.1 Å². The third kappa shape index (κ3) is 4.14. The van der Waals surface area contributed by atoms with Gasteiger partial charge >= 0.3 is 0 Å². The number of nitrogens with zero attached hydrogens (tertiary/aromatic N) is 3. The van der Waals surface area contributed by atoms with Crippen LogP contribution in [0, 0.1) is 0 Å². The Morgan fingerprint density at radius 3 is 2.57 bits per heavy atom. The lowest BCUT2D eigenvalue weighted by atomic mass is 10.1. The second kappa shape index (κ2) is 8.30. The zero-order chi connectivity index (χ0) is 20.1. The minimum Gasteiger partial charge on any atom is -0.497 e. The van der Waals surface area contributed by atoms with Crippen LogP contribution in [-0.4, -0.2) is 40.1 Å². The highest BCUT2D eigenvalue weighted by Crippen LogP contribution is 2.29. The molecule has 9 nitrogen and oxygen atoms in total. The average Bonchev–Trinajstić information content (AvgIpc) is 2.73. The minimum absolute atomic E-state index is 0.0365. The summed E-state index contributed by atoms with van der Waals surface area (Å²) in [7, 11) is 3.10. The van der Waals surface area contributed by atoms with Crippen molar-refractivity contribution in [3.8, 4) is 23.1 Å². The molecule has 1 aromatic carbocycles. The van der Waals surface area contributed by atoms with Gasteiger partial charge in [0.15, 0.2) is 11.6 Å². The highest BCUT2D eigenvalue weighted by molar-refractivity contribution is 5.92. The first-order valence-corrected chi connectivity index (χ1v) is 8.43. The number of nitrogens with one attached hydrogen (secondary N) is 2. The normalized spacial score (nSPS) is 11.5. The van der Waals surface area contributed by atoms with Crippen LogP contribution in [0.5, 0.6) is 11.5 Å². The van der Waals surface area contributed by atoms with E-state index >= 15 is 0 Å². The molecule has 2 aromatic heterocycles. The fraction of sp³-hybridized carbons (Fsp3) is 0.211. The summed E-state index contributed by atoms with van der Waals surface area (Å²) in [6, 6.07) is 7.68. The van der Waals surface area contributed by atoms with Crippen LogP contribution in [0.4, 0.5) is 0 Å². The summed E-state index contributed by atoms with van der Waals surface area (Å²) in [6.07, 6.45) is 3.04. The van der Waals surface area contributed by atoms with Crippen LogP contribution >= 0.6 is 0 Å². The zero-order valence-electron chi connectivity index (χ0n) is 15.6. The quantitative estimate of drug-likeness (QED) is 0.667. The van der Waals surface area contributed by atoms with Gasteiger partial charge < -0.3 is 19.8 Å². The van der Waals surface area contributed by atoms with Gasteiger partial charge in [0.1, 0.15) is 17.2 Å². The second-order valence-corrected chi connectivity index (χ2v) is 5.85. The number of amides is 1. The molecule has 1 amide bonds. The third-order valence-electron chi connectivity index (χ3n) is 4.01. The molecular weight excluding hydrogens is 362 g/mol. The van der Waals surface area contributed by atoms with Crippen molar-refractivity contribution in [3.63, 3.8) is 0 Å². The number of ether oxygens (including phenoxy) is 2. The monoisotopic (exact) mass is 381 g/mol. The second-order valence-electron chi connectivity index (χ2n) is 5.85. The summed E-state index contributed by atoms with van der Waals surface area (Å²) < 4.78 is 10.6. The van der Waals surface area contributed by atoms with E-state index < -0.39 is 17.5 Å².